The predicted molar refractivity (Wildman–Crippen MR) is 77.4 cm³/mol. The van der Waals surface area contributed by atoms with Crippen molar-refractivity contribution in [2.24, 2.45) is 0 Å². The number of carbonyl (C=O) groups is 2. The third-order valence-corrected chi connectivity index (χ3v) is 4.29. The van der Waals surface area contributed by atoms with Crippen LogP contribution in [0.15, 0.2) is 24.4 Å². The highest BCUT2D eigenvalue weighted by atomic mass is 32.2. The summed E-state index contributed by atoms with van der Waals surface area (Å²) in [6.07, 6.45) is 3.50. The first-order chi connectivity index (χ1) is 9.68. The molecule has 0 saturated carbocycles. The van der Waals surface area contributed by atoms with E-state index in [1.165, 1.54) is 4.90 Å². The normalized spacial score (nSPS) is 18.2. The molecule has 20 heavy (non-hydrogen) atoms. The molecule has 0 radical (unpaired) electrons. The maximum Gasteiger partial charge on any atom is 0.326 e. The van der Waals surface area contributed by atoms with Crippen molar-refractivity contribution in [3.63, 3.8) is 0 Å². The number of aliphatic carboxylic acids is 1. The molecule has 1 saturated heterocycles. The Morgan fingerprint density at radius 1 is 1.45 bits per heavy atom. The summed E-state index contributed by atoms with van der Waals surface area (Å²) in [5.41, 5.74) is 0.995. The third-order valence-electron chi connectivity index (χ3n) is 3.29. The molecule has 1 fully saturated rings. The second kappa shape index (κ2) is 7.28. The van der Waals surface area contributed by atoms with Crippen LogP contribution in [0.1, 0.15) is 25.0 Å². The van der Waals surface area contributed by atoms with Gasteiger partial charge in [0.2, 0.25) is 5.91 Å². The average molecular weight is 294 g/mol. The van der Waals surface area contributed by atoms with E-state index in [2.05, 4.69) is 4.98 Å². The Balaban J connectivity index is 1.71. The molecule has 0 aliphatic carbocycles. The molecule has 0 bridgehead atoms. The monoisotopic (exact) mass is 294 g/mol. The van der Waals surface area contributed by atoms with Gasteiger partial charge in [0, 0.05) is 30.7 Å². The number of amides is 1. The number of thioether (sulfide) groups is 1. The molecule has 1 aromatic rings. The third kappa shape index (κ3) is 3.96. The van der Waals surface area contributed by atoms with Crippen LogP contribution < -0.4 is 0 Å². The number of hydrogen-bond acceptors (Lipinski definition) is 4. The van der Waals surface area contributed by atoms with Crippen LogP contribution in [0, 0.1) is 0 Å². The molecule has 1 aliphatic heterocycles. The number of aromatic nitrogens is 1. The van der Waals surface area contributed by atoms with Crippen LogP contribution in [0.25, 0.3) is 0 Å². The van der Waals surface area contributed by atoms with Crippen LogP contribution >= 0.6 is 11.8 Å². The molecule has 1 atom stereocenters. The van der Waals surface area contributed by atoms with E-state index in [1.807, 2.05) is 18.2 Å². The van der Waals surface area contributed by atoms with E-state index in [-0.39, 0.29) is 5.91 Å². The molecular weight excluding hydrogens is 276 g/mol. The zero-order chi connectivity index (χ0) is 14.4. The highest BCUT2D eigenvalue weighted by molar-refractivity contribution is 7.98. The van der Waals surface area contributed by atoms with Gasteiger partial charge in [0.1, 0.15) is 6.04 Å². The molecule has 2 heterocycles. The number of nitrogens with zero attached hydrogens (tertiary/aromatic N) is 2. The van der Waals surface area contributed by atoms with E-state index in [9.17, 15) is 9.59 Å². The zero-order valence-corrected chi connectivity index (χ0v) is 12.0. The minimum atomic E-state index is -0.892. The van der Waals surface area contributed by atoms with Gasteiger partial charge in [0.15, 0.2) is 0 Å². The van der Waals surface area contributed by atoms with E-state index in [0.29, 0.717) is 25.1 Å². The van der Waals surface area contributed by atoms with Gasteiger partial charge in [-0.15, -0.1) is 0 Å². The van der Waals surface area contributed by atoms with Crippen molar-refractivity contribution in [1.82, 2.24) is 9.88 Å². The summed E-state index contributed by atoms with van der Waals surface area (Å²) in [4.78, 5) is 28.7. The number of carboxylic acid groups (broad SMARTS) is 1. The van der Waals surface area contributed by atoms with Gasteiger partial charge in [0.25, 0.3) is 0 Å². The predicted octanol–water partition coefficient (Wildman–Crippen LogP) is 1.78. The molecule has 1 aromatic heterocycles. The van der Waals surface area contributed by atoms with Gasteiger partial charge in [-0.1, -0.05) is 6.07 Å². The molecule has 0 aromatic carbocycles. The first-order valence-electron chi connectivity index (χ1n) is 6.68. The first-order valence-corrected chi connectivity index (χ1v) is 7.84. The number of rotatable bonds is 6. The van der Waals surface area contributed by atoms with Crippen molar-refractivity contribution in [3.05, 3.63) is 30.1 Å². The lowest BCUT2D eigenvalue weighted by molar-refractivity contribution is -0.148. The van der Waals surface area contributed by atoms with Crippen molar-refractivity contribution in [2.75, 3.05) is 12.3 Å². The van der Waals surface area contributed by atoms with Crippen LogP contribution in [0.4, 0.5) is 0 Å². The van der Waals surface area contributed by atoms with Gasteiger partial charge in [0.05, 0.1) is 5.69 Å². The summed E-state index contributed by atoms with van der Waals surface area (Å²) in [6, 6.07) is 5.14. The maximum absolute atomic E-state index is 12.0. The van der Waals surface area contributed by atoms with Crippen LogP contribution in [0.5, 0.6) is 0 Å². The largest absolute Gasteiger partial charge is 0.480 e. The first kappa shape index (κ1) is 14.8. The molecule has 1 amide bonds. The van der Waals surface area contributed by atoms with Gasteiger partial charge in [-0.05, 0) is 25.0 Å². The van der Waals surface area contributed by atoms with Gasteiger partial charge in [-0.25, -0.2) is 4.79 Å². The van der Waals surface area contributed by atoms with Gasteiger partial charge < -0.3 is 10.0 Å². The summed E-state index contributed by atoms with van der Waals surface area (Å²) >= 11 is 1.65. The quantitative estimate of drug-likeness (QED) is 0.810. The Bertz CT molecular complexity index is 467. The van der Waals surface area contributed by atoms with E-state index in [0.717, 1.165) is 17.9 Å². The second-order valence-corrected chi connectivity index (χ2v) is 5.81. The molecule has 108 valence electrons. The van der Waals surface area contributed by atoms with Crippen LogP contribution in [-0.4, -0.2) is 45.2 Å². The van der Waals surface area contributed by atoms with Crippen LogP contribution in [-0.2, 0) is 15.3 Å². The minimum Gasteiger partial charge on any atom is -0.480 e. The lowest BCUT2D eigenvalue weighted by Gasteiger charge is -2.21. The Hall–Kier alpha value is -1.56. The summed E-state index contributed by atoms with van der Waals surface area (Å²) in [6.45, 7) is 0.570. The SMILES string of the molecule is O=C(O)C1CCCN1C(=O)CCSCc1ccccn1. The standard InChI is InChI=1S/C14H18N2O3S/c17-13(16-8-3-5-12(16)14(18)19)6-9-20-10-11-4-1-2-7-15-11/h1-2,4,7,12H,3,5-6,8-10H2,(H,18,19). The Labute approximate surface area is 122 Å². The molecule has 5 nitrogen and oxygen atoms in total. The average Bonchev–Trinajstić information content (AvgIpc) is 2.94. The Morgan fingerprint density at radius 2 is 2.30 bits per heavy atom. The van der Waals surface area contributed by atoms with Crippen LogP contribution in [0.3, 0.4) is 0 Å². The highest BCUT2D eigenvalue weighted by Gasteiger charge is 2.33. The molecule has 0 spiro atoms. The van der Waals surface area contributed by atoms with Crippen molar-refractivity contribution in [3.8, 4) is 0 Å². The van der Waals surface area contributed by atoms with Crippen LogP contribution in [0.2, 0.25) is 0 Å². The number of likely N-dealkylation sites (tertiary alicyclic amines) is 1. The maximum atomic E-state index is 12.0. The number of pyridine rings is 1. The van der Waals surface area contributed by atoms with E-state index >= 15 is 0 Å². The molecule has 1 aliphatic rings. The summed E-state index contributed by atoms with van der Waals surface area (Å²) in [7, 11) is 0. The van der Waals surface area contributed by atoms with Crippen molar-refractivity contribution in [1.29, 1.82) is 0 Å². The van der Waals surface area contributed by atoms with E-state index in [4.69, 9.17) is 5.11 Å². The summed E-state index contributed by atoms with van der Waals surface area (Å²) in [5, 5.41) is 9.05. The Morgan fingerprint density at radius 3 is 3.00 bits per heavy atom. The van der Waals surface area contributed by atoms with Gasteiger partial charge in [-0.2, -0.15) is 11.8 Å². The Kier molecular flexibility index (Phi) is 5.40. The number of carbonyl (C=O) groups excluding carboxylic acids is 1. The van der Waals surface area contributed by atoms with Crippen molar-refractivity contribution in [2.45, 2.75) is 31.1 Å². The second-order valence-electron chi connectivity index (χ2n) is 4.71. The van der Waals surface area contributed by atoms with Gasteiger partial charge >= 0.3 is 5.97 Å². The lowest BCUT2D eigenvalue weighted by Crippen LogP contribution is -2.40. The highest BCUT2D eigenvalue weighted by Crippen LogP contribution is 2.19. The number of hydrogen-bond donors (Lipinski definition) is 1. The minimum absolute atomic E-state index is 0.0524. The molecule has 2 rings (SSSR count). The molecular formula is C14H18N2O3S. The summed E-state index contributed by atoms with van der Waals surface area (Å²) < 4.78 is 0. The molecule has 6 heteroatoms. The van der Waals surface area contributed by atoms with E-state index in [1.54, 1.807) is 18.0 Å². The van der Waals surface area contributed by atoms with E-state index < -0.39 is 12.0 Å². The fourth-order valence-electron chi connectivity index (χ4n) is 2.29. The fraction of sp³-hybridized carbons (Fsp3) is 0.500. The number of carboxylic acids is 1. The lowest BCUT2D eigenvalue weighted by atomic mass is 10.2. The topological polar surface area (TPSA) is 70.5 Å². The molecule has 1 unspecified atom stereocenters. The summed E-state index contributed by atoms with van der Waals surface area (Å²) in [5.74, 6) is 0.523. The fourth-order valence-corrected chi connectivity index (χ4v) is 3.13. The molecule has 1 N–H and O–H groups in total. The van der Waals surface area contributed by atoms with Crippen molar-refractivity contribution >= 4 is 23.6 Å². The van der Waals surface area contributed by atoms with Gasteiger partial charge in [-0.3, -0.25) is 9.78 Å². The zero-order valence-electron chi connectivity index (χ0n) is 11.2. The van der Waals surface area contributed by atoms with Crippen molar-refractivity contribution < 1.29 is 14.7 Å². The smallest absolute Gasteiger partial charge is 0.326 e.